The lowest BCUT2D eigenvalue weighted by atomic mass is 9.99. The molecule has 9 aromatic carbocycles. The Morgan fingerprint density at radius 1 is 0.316 bits per heavy atom. The molecule has 0 aliphatic carbocycles. The molecule has 0 bridgehead atoms. The zero-order chi connectivity index (χ0) is 37.7. The summed E-state index contributed by atoms with van der Waals surface area (Å²) in [6, 6.07) is 76.4. The number of hydrogen-bond donors (Lipinski definition) is 0. The Kier molecular flexibility index (Phi) is 8.04. The van der Waals surface area contributed by atoms with Gasteiger partial charge in [0.05, 0.1) is 0 Å². The minimum atomic E-state index is 0.902. The topological polar surface area (TPSA) is 16.4 Å². The minimum Gasteiger partial charge on any atom is -0.456 e. The lowest BCUT2D eigenvalue weighted by Crippen LogP contribution is -2.10. The summed E-state index contributed by atoms with van der Waals surface area (Å²) in [4.78, 5) is 2.36. The molecule has 11 aromatic rings. The van der Waals surface area contributed by atoms with Crippen molar-refractivity contribution in [2.24, 2.45) is 0 Å². The number of rotatable bonds is 7. The van der Waals surface area contributed by atoms with Gasteiger partial charge in [-0.2, -0.15) is 0 Å². The number of hydrogen-bond acceptors (Lipinski definition) is 3. The molecule has 0 atom stereocenters. The molecule has 0 saturated carbocycles. The molecule has 2 heterocycles. The summed E-state index contributed by atoms with van der Waals surface area (Å²) in [5.41, 5.74) is 14.7. The van der Waals surface area contributed by atoms with E-state index in [0.29, 0.717) is 0 Å². The van der Waals surface area contributed by atoms with Crippen LogP contribution in [-0.4, -0.2) is 0 Å². The predicted molar refractivity (Wildman–Crippen MR) is 243 cm³/mol. The van der Waals surface area contributed by atoms with Gasteiger partial charge in [-0.15, -0.1) is 11.3 Å². The van der Waals surface area contributed by atoms with Crippen LogP contribution in [0, 0.1) is 0 Å². The van der Waals surface area contributed by atoms with Crippen LogP contribution in [-0.2, 0) is 0 Å². The summed E-state index contributed by atoms with van der Waals surface area (Å²) in [6.07, 6.45) is 0. The number of furan rings is 1. The van der Waals surface area contributed by atoms with E-state index >= 15 is 0 Å². The molecular weight excluding hydrogens is 711 g/mol. The van der Waals surface area contributed by atoms with E-state index in [4.69, 9.17) is 4.42 Å². The molecule has 0 N–H and O–H groups in total. The second-order valence-corrected chi connectivity index (χ2v) is 15.6. The summed E-state index contributed by atoms with van der Waals surface area (Å²) >= 11 is 1.87. The molecule has 0 aliphatic rings. The second kappa shape index (κ2) is 13.8. The van der Waals surface area contributed by atoms with Crippen molar-refractivity contribution in [1.29, 1.82) is 0 Å². The number of benzene rings is 9. The van der Waals surface area contributed by atoms with E-state index in [0.717, 1.165) is 50.1 Å². The predicted octanol–water partition coefficient (Wildman–Crippen LogP) is 16.1. The molecule has 0 fully saturated rings. The Labute approximate surface area is 335 Å². The summed E-state index contributed by atoms with van der Waals surface area (Å²) < 4.78 is 8.80. The van der Waals surface area contributed by atoms with Crippen molar-refractivity contribution in [1.82, 2.24) is 0 Å². The van der Waals surface area contributed by atoms with Crippen LogP contribution < -0.4 is 4.90 Å². The molecular formula is C54H35NOS. The minimum absolute atomic E-state index is 0.902. The fourth-order valence-corrected chi connectivity index (χ4v) is 9.47. The largest absolute Gasteiger partial charge is 0.456 e. The van der Waals surface area contributed by atoms with Crippen LogP contribution in [0.2, 0.25) is 0 Å². The fraction of sp³-hybridized carbons (Fsp3) is 0. The summed E-state index contributed by atoms with van der Waals surface area (Å²) in [7, 11) is 0. The first kappa shape index (κ1) is 33.2. The van der Waals surface area contributed by atoms with Gasteiger partial charge in [0.25, 0.3) is 0 Å². The van der Waals surface area contributed by atoms with Gasteiger partial charge in [0.2, 0.25) is 0 Å². The van der Waals surface area contributed by atoms with Crippen LogP contribution in [0.5, 0.6) is 0 Å². The van der Waals surface area contributed by atoms with E-state index in [1.165, 1.54) is 53.6 Å². The van der Waals surface area contributed by atoms with Gasteiger partial charge in [-0.25, -0.2) is 0 Å². The average Bonchev–Trinajstić information content (AvgIpc) is 3.86. The first-order valence-electron chi connectivity index (χ1n) is 19.3. The summed E-state index contributed by atoms with van der Waals surface area (Å²) in [5, 5.41) is 4.89. The van der Waals surface area contributed by atoms with Crippen LogP contribution in [0.25, 0.3) is 86.6 Å². The van der Waals surface area contributed by atoms with Crippen molar-refractivity contribution >= 4 is 70.5 Å². The van der Waals surface area contributed by atoms with Crippen molar-refractivity contribution < 1.29 is 4.42 Å². The molecule has 0 radical (unpaired) electrons. The van der Waals surface area contributed by atoms with E-state index in [1.54, 1.807) is 0 Å². The normalized spacial score (nSPS) is 11.5. The molecule has 0 unspecified atom stereocenters. The van der Waals surface area contributed by atoms with E-state index in [2.05, 4.69) is 205 Å². The Hall–Kier alpha value is -7.20. The van der Waals surface area contributed by atoms with Gasteiger partial charge in [0.15, 0.2) is 0 Å². The molecule has 2 aromatic heterocycles. The first-order chi connectivity index (χ1) is 28.2. The maximum atomic E-state index is 6.16. The highest BCUT2D eigenvalue weighted by Gasteiger charge is 2.17. The third-order valence-corrected chi connectivity index (χ3v) is 12.3. The van der Waals surface area contributed by atoms with Crippen molar-refractivity contribution in [3.8, 4) is 44.5 Å². The lowest BCUT2D eigenvalue weighted by Gasteiger charge is -2.26. The van der Waals surface area contributed by atoms with Crippen molar-refractivity contribution in [2.75, 3.05) is 4.90 Å². The van der Waals surface area contributed by atoms with E-state index in [1.807, 2.05) is 23.5 Å². The van der Waals surface area contributed by atoms with Crippen molar-refractivity contribution in [3.63, 3.8) is 0 Å². The maximum absolute atomic E-state index is 6.16. The number of anilines is 3. The lowest BCUT2D eigenvalue weighted by molar-refractivity contribution is 0.669. The molecule has 57 heavy (non-hydrogen) atoms. The Balaban J connectivity index is 0.989. The molecule has 0 spiro atoms. The Morgan fingerprint density at radius 3 is 1.60 bits per heavy atom. The highest BCUT2D eigenvalue weighted by Crippen LogP contribution is 2.42. The summed E-state index contributed by atoms with van der Waals surface area (Å²) in [6.45, 7) is 0. The summed E-state index contributed by atoms with van der Waals surface area (Å²) in [5.74, 6) is 0. The number of nitrogens with zero attached hydrogens (tertiary/aromatic N) is 1. The number of thiophene rings is 1. The number of para-hydroxylation sites is 1. The van der Waals surface area contributed by atoms with Gasteiger partial charge < -0.3 is 9.32 Å². The first-order valence-corrected chi connectivity index (χ1v) is 20.1. The smallest absolute Gasteiger partial charge is 0.135 e. The monoisotopic (exact) mass is 745 g/mol. The quantitative estimate of drug-likeness (QED) is 0.162. The average molecular weight is 746 g/mol. The molecule has 11 rings (SSSR count). The standard InChI is InChI=1S/C54H35NOS/c1-2-10-36(11-3-1)37-20-22-38(23-21-37)39-24-29-43(30-25-39)55(44-31-26-40(27-32-44)46-16-9-17-49-48-15-5-7-19-53(48)57-54(46)49)45-13-8-12-41(34-45)42-28-33-52-50(35-42)47-14-4-6-18-51(47)56-52/h1-35H. The van der Waals surface area contributed by atoms with Gasteiger partial charge in [-0.05, 0) is 105 Å². The molecule has 2 nitrogen and oxygen atoms in total. The molecule has 0 saturated heterocycles. The highest BCUT2D eigenvalue weighted by molar-refractivity contribution is 7.26. The van der Waals surface area contributed by atoms with Crippen LogP contribution >= 0.6 is 11.3 Å². The van der Waals surface area contributed by atoms with E-state index < -0.39 is 0 Å². The van der Waals surface area contributed by atoms with Gasteiger partial charge in [0, 0.05) is 48.0 Å². The molecule has 268 valence electrons. The van der Waals surface area contributed by atoms with Crippen LogP contribution in [0.15, 0.2) is 217 Å². The molecule has 0 amide bonds. The fourth-order valence-electron chi connectivity index (χ4n) is 8.23. The van der Waals surface area contributed by atoms with Crippen LogP contribution in [0.4, 0.5) is 17.1 Å². The van der Waals surface area contributed by atoms with Gasteiger partial charge >= 0.3 is 0 Å². The Bertz CT molecular complexity index is 3210. The molecule has 0 aliphatic heterocycles. The van der Waals surface area contributed by atoms with Crippen LogP contribution in [0.1, 0.15) is 0 Å². The van der Waals surface area contributed by atoms with Crippen molar-refractivity contribution in [2.45, 2.75) is 0 Å². The Morgan fingerprint density at radius 2 is 0.842 bits per heavy atom. The van der Waals surface area contributed by atoms with Crippen molar-refractivity contribution in [3.05, 3.63) is 212 Å². The molecule has 3 heteroatoms. The van der Waals surface area contributed by atoms with Gasteiger partial charge in [-0.1, -0.05) is 152 Å². The maximum Gasteiger partial charge on any atom is 0.135 e. The zero-order valence-electron chi connectivity index (χ0n) is 31.0. The zero-order valence-corrected chi connectivity index (χ0v) is 31.8. The third-order valence-electron chi connectivity index (χ3n) is 11.1. The number of fused-ring (bicyclic) bond motifs is 6. The second-order valence-electron chi connectivity index (χ2n) is 14.5. The van der Waals surface area contributed by atoms with E-state index in [9.17, 15) is 0 Å². The SMILES string of the molecule is c1ccc(-c2ccc(-c3ccc(N(c4ccc(-c5cccc6c5sc5ccccc56)cc4)c4cccc(-c5ccc6oc7ccccc7c6c5)c4)cc3)cc2)cc1. The van der Waals surface area contributed by atoms with E-state index in [-0.39, 0.29) is 0 Å². The van der Waals surface area contributed by atoms with Crippen LogP contribution in [0.3, 0.4) is 0 Å². The van der Waals surface area contributed by atoms with Gasteiger partial charge in [-0.3, -0.25) is 0 Å². The third kappa shape index (κ3) is 5.97. The highest BCUT2D eigenvalue weighted by atomic mass is 32.1. The van der Waals surface area contributed by atoms with Gasteiger partial charge in [0.1, 0.15) is 11.2 Å².